The second-order valence-corrected chi connectivity index (χ2v) is 6.71. The number of benzene rings is 1. The fourth-order valence-electron chi connectivity index (χ4n) is 1.67. The number of ether oxygens (including phenoxy) is 1. The van der Waals surface area contributed by atoms with Gasteiger partial charge in [0.15, 0.2) is 5.82 Å². The minimum Gasteiger partial charge on any atom is -0.494 e. The summed E-state index contributed by atoms with van der Waals surface area (Å²) in [5.41, 5.74) is 0.639. The van der Waals surface area contributed by atoms with E-state index in [4.69, 9.17) is 27.9 Å². The van der Waals surface area contributed by atoms with Crippen LogP contribution >= 0.6 is 23.2 Å². The van der Waals surface area contributed by atoms with Crippen LogP contribution in [0.2, 0.25) is 10.3 Å². The van der Waals surface area contributed by atoms with E-state index >= 15 is 0 Å². The van der Waals surface area contributed by atoms with Crippen LogP contribution in [-0.4, -0.2) is 31.8 Å². The highest BCUT2D eigenvalue weighted by molar-refractivity contribution is 7.92. The summed E-state index contributed by atoms with van der Waals surface area (Å²) in [7, 11) is -2.01. The standard InChI is InChI=1S/C12H12Cl2N4O3S/c1-21-9-5-3-4-8(18-22(2,19)20)10(9)16-11-7(13)6-15-12(14)17-11/h3-6,18H,1-2H3,(H,15,16,17). The Morgan fingerprint density at radius 1 is 1.27 bits per heavy atom. The first-order chi connectivity index (χ1) is 10.3. The van der Waals surface area contributed by atoms with Crippen molar-refractivity contribution in [3.05, 3.63) is 34.7 Å². The molecule has 0 fully saturated rings. The summed E-state index contributed by atoms with van der Waals surface area (Å²) in [6.45, 7) is 0. The summed E-state index contributed by atoms with van der Waals surface area (Å²) in [6.07, 6.45) is 2.38. The molecule has 2 aromatic rings. The first-order valence-corrected chi connectivity index (χ1v) is 8.55. The molecule has 0 saturated heterocycles. The summed E-state index contributed by atoms with van der Waals surface area (Å²) < 4.78 is 30.6. The first kappa shape index (κ1) is 16.6. The van der Waals surface area contributed by atoms with Gasteiger partial charge in [0, 0.05) is 0 Å². The number of methoxy groups -OCH3 is 1. The zero-order valence-corrected chi connectivity index (χ0v) is 13.9. The van der Waals surface area contributed by atoms with Crippen molar-refractivity contribution in [1.82, 2.24) is 9.97 Å². The molecule has 2 rings (SSSR count). The fraction of sp³-hybridized carbons (Fsp3) is 0.167. The van der Waals surface area contributed by atoms with Gasteiger partial charge in [-0.15, -0.1) is 0 Å². The molecule has 1 aromatic carbocycles. The molecule has 0 spiro atoms. The Bertz CT molecular complexity index is 799. The lowest BCUT2D eigenvalue weighted by Crippen LogP contribution is -2.12. The molecule has 118 valence electrons. The maximum absolute atomic E-state index is 11.5. The summed E-state index contributed by atoms with van der Waals surface area (Å²) >= 11 is 11.7. The third kappa shape index (κ3) is 4.12. The highest BCUT2D eigenvalue weighted by atomic mass is 35.5. The van der Waals surface area contributed by atoms with Crippen LogP contribution in [0.3, 0.4) is 0 Å². The number of para-hydroxylation sites is 1. The Balaban J connectivity index is 2.50. The summed E-state index contributed by atoms with van der Waals surface area (Å²) in [5, 5.41) is 3.13. The van der Waals surface area contributed by atoms with E-state index < -0.39 is 10.0 Å². The molecule has 0 amide bonds. The maximum atomic E-state index is 11.5. The molecule has 1 aromatic heterocycles. The van der Waals surface area contributed by atoms with Gasteiger partial charge in [-0.1, -0.05) is 17.7 Å². The molecule has 0 aliphatic heterocycles. The minimum atomic E-state index is -3.47. The molecular formula is C12H12Cl2N4O3S. The van der Waals surface area contributed by atoms with Crippen LogP contribution in [0, 0.1) is 0 Å². The number of sulfonamides is 1. The number of anilines is 3. The van der Waals surface area contributed by atoms with Crippen molar-refractivity contribution >= 4 is 50.4 Å². The molecule has 7 nitrogen and oxygen atoms in total. The average Bonchev–Trinajstić information content (AvgIpc) is 2.43. The fourth-order valence-corrected chi connectivity index (χ4v) is 2.51. The van der Waals surface area contributed by atoms with Gasteiger partial charge in [0.1, 0.15) is 16.5 Å². The lowest BCUT2D eigenvalue weighted by molar-refractivity contribution is 0.417. The molecule has 1 heterocycles. The van der Waals surface area contributed by atoms with E-state index in [0.29, 0.717) is 11.4 Å². The van der Waals surface area contributed by atoms with Crippen LogP contribution in [0.25, 0.3) is 0 Å². The molecule has 0 saturated carbocycles. The van der Waals surface area contributed by atoms with Gasteiger partial charge in [0.05, 0.1) is 25.2 Å². The Morgan fingerprint density at radius 2 is 2.00 bits per heavy atom. The normalized spacial score (nSPS) is 11.1. The van der Waals surface area contributed by atoms with Crippen LogP contribution in [0.1, 0.15) is 0 Å². The molecule has 0 unspecified atom stereocenters. The average molecular weight is 363 g/mol. The van der Waals surface area contributed by atoms with E-state index in [2.05, 4.69) is 20.0 Å². The van der Waals surface area contributed by atoms with Crippen molar-refractivity contribution in [1.29, 1.82) is 0 Å². The van der Waals surface area contributed by atoms with Gasteiger partial charge >= 0.3 is 0 Å². The predicted molar refractivity (Wildman–Crippen MR) is 86.8 cm³/mol. The Labute approximate surface area is 137 Å². The van der Waals surface area contributed by atoms with Gasteiger partial charge in [0.2, 0.25) is 15.3 Å². The SMILES string of the molecule is COc1cccc(NS(C)(=O)=O)c1Nc1nc(Cl)ncc1Cl. The number of rotatable bonds is 5. The largest absolute Gasteiger partial charge is 0.494 e. The van der Waals surface area contributed by atoms with E-state index in [-0.39, 0.29) is 21.8 Å². The topological polar surface area (TPSA) is 93.2 Å². The highest BCUT2D eigenvalue weighted by Crippen LogP contribution is 2.36. The number of halogens is 2. The van der Waals surface area contributed by atoms with Crippen molar-refractivity contribution in [2.75, 3.05) is 23.4 Å². The number of nitrogens with one attached hydrogen (secondary N) is 2. The summed E-state index contributed by atoms with van der Waals surface area (Å²) in [6, 6.07) is 4.88. The van der Waals surface area contributed by atoms with Crippen LogP contribution in [-0.2, 0) is 10.0 Å². The lowest BCUT2D eigenvalue weighted by atomic mass is 10.2. The molecule has 0 bridgehead atoms. The van der Waals surface area contributed by atoms with Gasteiger partial charge < -0.3 is 10.1 Å². The summed E-state index contributed by atoms with van der Waals surface area (Å²) in [4.78, 5) is 7.70. The minimum absolute atomic E-state index is 0.000537. The highest BCUT2D eigenvalue weighted by Gasteiger charge is 2.15. The zero-order valence-electron chi connectivity index (χ0n) is 11.6. The molecular weight excluding hydrogens is 351 g/mol. The van der Waals surface area contributed by atoms with Crippen molar-refractivity contribution in [3.8, 4) is 5.75 Å². The first-order valence-electron chi connectivity index (χ1n) is 5.90. The van der Waals surface area contributed by atoms with E-state index in [9.17, 15) is 8.42 Å². The monoisotopic (exact) mass is 362 g/mol. The molecule has 10 heteroatoms. The quantitative estimate of drug-likeness (QED) is 0.794. The predicted octanol–water partition coefficient (Wildman–Crippen LogP) is 2.91. The van der Waals surface area contributed by atoms with E-state index in [1.165, 1.54) is 13.3 Å². The second kappa shape index (κ2) is 6.55. The van der Waals surface area contributed by atoms with Crippen molar-refractivity contribution in [2.45, 2.75) is 0 Å². The molecule has 0 atom stereocenters. The molecule has 0 radical (unpaired) electrons. The summed E-state index contributed by atoms with van der Waals surface area (Å²) in [5.74, 6) is 0.627. The second-order valence-electron chi connectivity index (χ2n) is 4.22. The number of hydrogen-bond donors (Lipinski definition) is 2. The van der Waals surface area contributed by atoms with Crippen molar-refractivity contribution < 1.29 is 13.2 Å². The molecule has 0 aliphatic rings. The Morgan fingerprint density at radius 3 is 2.64 bits per heavy atom. The Hall–Kier alpha value is -1.77. The third-order valence-electron chi connectivity index (χ3n) is 2.50. The number of nitrogens with zero attached hydrogens (tertiary/aromatic N) is 2. The number of aromatic nitrogens is 2. The lowest BCUT2D eigenvalue weighted by Gasteiger charge is -2.16. The van der Waals surface area contributed by atoms with Crippen molar-refractivity contribution in [2.24, 2.45) is 0 Å². The number of hydrogen-bond acceptors (Lipinski definition) is 6. The van der Waals surface area contributed by atoms with Crippen LogP contribution in [0.15, 0.2) is 24.4 Å². The Kier molecular flexibility index (Phi) is 4.94. The smallest absolute Gasteiger partial charge is 0.229 e. The molecule has 0 aliphatic carbocycles. The zero-order chi connectivity index (χ0) is 16.3. The van der Waals surface area contributed by atoms with E-state index in [1.807, 2.05) is 0 Å². The van der Waals surface area contributed by atoms with Gasteiger partial charge in [-0.25, -0.2) is 13.4 Å². The maximum Gasteiger partial charge on any atom is 0.229 e. The van der Waals surface area contributed by atoms with Gasteiger partial charge in [-0.05, 0) is 23.7 Å². The molecule has 2 N–H and O–H groups in total. The van der Waals surface area contributed by atoms with Crippen LogP contribution < -0.4 is 14.8 Å². The van der Waals surface area contributed by atoms with Crippen LogP contribution in [0.4, 0.5) is 17.2 Å². The molecule has 22 heavy (non-hydrogen) atoms. The van der Waals surface area contributed by atoms with Crippen molar-refractivity contribution in [3.63, 3.8) is 0 Å². The van der Waals surface area contributed by atoms with Crippen LogP contribution in [0.5, 0.6) is 5.75 Å². The van der Waals surface area contributed by atoms with E-state index in [1.54, 1.807) is 18.2 Å². The van der Waals surface area contributed by atoms with Gasteiger partial charge in [-0.3, -0.25) is 4.72 Å². The van der Waals surface area contributed by atoms with Gasteiger partial charge in [-0.2, -0.15) is 4.98 Å². The van der Waals surface area contributed by atoms with E-state index in [0.717, 1.165) is 6.26 Å². The third-order valence-corrected chi connectivity index (χ3v) is 3.55. The van der Waals surface area contributed by atoms with Gasteiger partial charge in [0.25, 0.3) is 0 Å².